The first kappa shape index (κ1) is 17.7. The summed E-state index contributed by atoms with van der Waals surface area (Å²) in [6.45, 7) is 0.396. The Hall–Kier alpha value is -2.71. The summed E-state index contributed by atoms with van der Waals surface area (Å²) in [4.78, 5) is 13.3. The SMILES string of the molecule is COc1ccc(Cn2c(=O)n(C3CCCC3)c3ccc(C#N)cc32)cc1Cl. The zero-order valence-electron chi connectivity index (χ0n) is 15.1. The van der Waals surface area contributed by atoms with Gasteiger partial charge in [0.25, 0.3) is 0 Å². The number of benzene rings is 2. The van der Waals surface area contributed by atoms with Crippen molar-refractivity contribution in [2.24, 2.45) is 0 Å². The molecule has 1 fully saturated rings. The van der Waals surface area contributed by atoms with Crippen molar-refractivity contribution >= 4 is 22.6 Å². The predicted octanol–water partition coefficient (Wildman–Crippen LogP) is 4.50. The average molecular weight is 382 g/mol. The molecule has 0 N–H and O–H groups in total. The van der Waals surface area contributed by atoms with Crippen LogP contribution in [-0.2, 0) is 6.54 Å². The van der Waals surface area contributed by atoms with Gasteiger partial charge in [0.05, 0.1) is 41.3 Å². The molecular formula is C21H20ClN3O2. The topological polar surface area (TPSA) is 59.9 Å². The van der Waals surface area contributed by atoms with Crippen LogP contribution in [-0.4, -0.2) is 16.2 Å². The van der Waals surface area contributed by atoms with Crippen LogP contribution >= 0.6 is 11.6 Å². The van der Waals surface area contributed by atoms with Crippen molar-refractivity contribution < 1.29 is 4.74 Å². The summed E-state index contributed by atoms with van der Waals surface area (Å²) >= 11 is 6.25. The fourth-order valence-electron chi connectivity index (χ4n) is 4.01. The summed E-state index contributed by atoms with van der Waals surface area (Å²) < 4.78 is 8.86. The Morgan fingerprint density at radius 3 is 2.63 bits per heavy atom. The van der Waals surface area contributed by atoms with Crippen LogP contribution < -0.4 is 10.4 Å². The first-order valence-electron chi connectivity index (χ1n) is 9.09. The van der Waals surface area contributed by atoms with Crippen molar-refractivity contribution in [2.45, 2.75) is 38.3 Å². The van der Waals surface area contributed by atoms with Gasteiger partial charge >= 0.3 is 5.69 Å². The average Bonchev–Trinajstić information content (AvgIpc) is 3.28. The first-order chi connectivity index (χ1) is 13.1. The van der Waals surface area contributed by atoms with E-state index in [9.17, 15) is 10.1 Å². The van der Waals surface area contributed by atoms with E-state index in [4.69, 9.17) is 16.3 Å². The second-order valence-corrected chi connectivity index (χ2v) is 7.37. The normalized spacial score (nSPS) is 14.6. The number of ether oxygens (including phenoxy) is 1. The molecule has 0 unspecified atom stereocenters. The molecule has 1 aromatic heterocycles. The molecule has 0 saturated heterocycles. The lowest BCUT2D eigenvalue weighted by Gasteiger charge is -2.11. The van der Waals surface area contributed by atoms with E-state index < -0.39 is 0 Å². The highest BCUT2D eigenvalue weighted by Gasteiger charge is 2.23. The summed E-state index contributed by atoms with van der Waals surface area (Å²) in [6, 6.07) is 13.4. The molecule has 27 heavy (non-hydrogen) atoms. The Morgan fingerprint density at radius 1 is 1.19 bits per heavy atom. The molecular weight excluding hydrogens is 362 g/mol. The number of hydrogen-bond donors (Lipinski definition) is 0. The Morgan fingerprint density at radius 2 is 1.96 bits per heavy atom. The Balaban J connectivity index is 1.86. The van der Waals surface area contributed by atoms with Gasteiger partial charge in [-0.2, -0.15) is 5.26 Å². The molecule has 138 valence electrons. The van der Waals surface area contributed by atoms with Crippen LogP contribution in [0.4, 0.5) is 0 Å². The maximum atomic E-state index is 13.3. The monoisotopic (exact) mass is 381 g/mol. The third-order valence-electron chi connectivity index (χ3n) is 5.34. The minimum absolute atomic E-state index is 0.0288. The van der Waals surface area contributed by atoms with Crippen molar-refractivity contribution in [3.05, 3.63) is 63.0 Å². The van der Waals surface area contributed by atoms with E-state index in [-0.39, 0.29) is 11.7 Å². The Bertz CT molecular complexity index is 1100. The molecule has 1 aliphatic rings. The number of nitriles is 1. The number of halogens is 1. The summed E-state index contributed by atoms with van der Waals surface area (Å²) in [7, 11) is 1.57. The van der Waals surface area contributed by atoms with E-state index in [0.29, 0.717) is 22.9 Å². The van der Waals surface area contributed by atoms with Crippen molar-refractivity contribution in [3.8, 4) is 11.8 Å². The number of fused-ring (bicyclic) bond motifs is 1. The second kappa shape index (κ2) is 7.13. The highest BCUT2D eigenvalue weighted by Crippen LogP contribution is 2.32. The van der Waals surface area contributed by atoms with E-state index in [1.165, 1.54) is 0 Å². The standard InChI is InChI=1S/C21H20ClN3O2/c1-27-20-9-7-15(10-17(20)22)13-24-19-11-14(12-23)6-8-18(19)25(21(24)26)16-4-2-3-5-16/h6-11,16H,2-5,13H2,1H3. The molecule has 0 amide bonds. The van der Waals surface area contributed by atoms with Gasteiger partial charge in [-0.1, -0.05) is 30.5 Å². The van der Waals surface area contributed by atoms with Crippen LogP contribution in [0.5, 0.6) is 5.75 Å². The largest absolute Gasteiger partial charge is 0.495 e. The third-order valence-corrected chi connectivity index (χ3v) is 5.63. The minimum Gasteiger partial charge on any atom is -0.495 e. The van der Waals surface area contributed by atoms with Gasteiger partial charge < -0.3 is 4.74 Å². The van der Waals surface area contributed by atoms with Crippen LogP contribution in [0, 0.1) is 11.3 Å². The summed E-state index contributed by atoms with van der Waals surface area (Å²) in [5, 5.41) is 9.80. The zero-order valence-corrected chi connectivity index (χ0v) is 15.9. The molecule has 0 spiro atoms. The number of nitrogens with zero attached hydrogens (tertiary/aromatic N) is 3. The van der Waals surface area contributed by atoms with Gasteiger partial charge in [-0.25, -0.2) is 4.79 Å². The van der Waals surface area contributed by atoms with Crippen LogP contribution in [0.1, 0.15) is 42.9 Å². The molecule has 3 aromatic rings. The molecule has 2 aromatic carbocycles. The van der Waals surface area contributed by atoms with Gasteiger partial charge in [-0.3, -0.25) is 9.13 Å². The van der Waals surface area contributed by atoms with Gasteiger partial charge in [-0.15, -0.1) is 0 Å². The Labute approximate surface area is 162 Å². The zero-order chi connectivity index (χ0) is 19.0. The number of aromatic nitrogens is 2. The van der Waals surface area contributed by atoms with Crippen molar-refractivity contribution in [1.29, 1.82) is 5.26 Å². The summed E-state index contributed by atoms with van der Waals surface area (Å²) in [6.07, 6.45) is 4.34. The van der Waals surface area contributed by atoms with E-state index >= 15 is 0 Å². The Kier molecular flexibility index (Phi) is 4.67. The lowest BCUT2D eigenvalue weighted by Crippen LogP contribution is -2.27. The smallest absolute Gasteiger partial charge is 0.329 e. The lowest BCUT2D eigenvalue weighted by atomic mass is 10.2. The third kappa shape index (κ3) is 3.11. The molecule has 0 bridgehead atoms. The molecule has 5 nitrogen and oxygen atoms in total. The lowest BCUT2D eigenvalue weighted by molar-refractivity contribution is 0.415. The fourth-order valence-corrected chi connectivity index (χ4v) is 4.29. The second-order valence-electron chi connectivity index (χ2n) is 6.96. The van der Waals surface area contributed by atoms with Gasteiger partial charge in [-0.05, 0) is 48.7 Å². The summed E-state index contributed by atoms with van der Waals surface area (Å²) in [5.74, 6) is 0.605. The van der Waals surface area contributed by atoms with E-state index in [0.717, 1.165) is 42.3 Å². The van der Waals surface area contributed by atoms with E-state index in [2.05, 4.69) is 6.07 Å². The van der Waals surface area contributed by atoms with Crippen molar-refractivity contribution in [2.75, 3.05) is 7.11 Å². The highest BCUT2D eigenvalue weighted by atomic mass is 35.5. The number of rotatable bonds is 4. The minimum atomic E-state index is -0.0288. The van der Waals surface area contributed by atoms with E-state index in [1.807, 2.05) is 22.8 Å². The van der Waals surface area contributed by atoms with Gasteiger partial charge in [0.2, 0.25) is 0 Å². The molecule has 1 saturated carbocycles. The fraction of sp³-hybridized carbons (Fsp3) is 0.333. The maximum Gasteiger partial charge on any atom is 0.329 e. The first-order valence-corrected chi connectivity index (χ1v) is 9.47. The number of hydrogen-bond acceptors (Lipinski definition) is 3. The van der Waals surface area contributed by atoms with Crippen molar-refractivity contribution in [1.82, 2.24) is 9.13 Å². The van der Waals surface area contributed by atoms with E-state index in [1.54, 1.807) is 29.9 Å². The van der Waals surface area contributed by atoms with Gasteiger partial charge in [0.15, 0.2) is 0 Å². The highest BCUT2D eigenvalue weighted by molar-refractivity contribution is 6.32. The summed E-state index contributed by atoms with van der Waals surface area (Å²) in [5.41, 5.74) is 3.12. The number of imidazole rings is 1. The maximum absolute atomic E-state index is 13.3. The quantitative estimate of drug-likeness (QED) is 0.668. The van der Waals surface area contributed by atoms with Gasteiger partial charge in [0.1, 0.15) is 5.75 Å². The van der Waals surface area contributed by atoms with Crippen LogP contribution in [0.15, 0.2) is 41.2 Å². The number of methoxy groups -OCH3 is 1. The molecule has 1 heterocycles. The van der Waals surface area contributed by atoms with Crippen molar-refractivity contribution in [3.63, 3.8) is 0 Å². The van der Waals surface area contributed by atoms with Crippen LogP contribution in [0.25, 0.3) is 11.0 Å². The van der Waals surface area contributed by atoms with Crippen LogP contribution in [0.3, 0.4) is 0 Å². The molecule has 0 radical (unpaired) electrons. The molecule has 6 heteroatoms. The molecule has 4 rings (SSSR count). The molecule has 1 aliphatic carbocycles. The molecule has 0 atom stereocenters. The van der Waals surface area contributed by atoms with Gasteiger partial charge in [0, 0.05) is 6.04 Å². The molecule has 0 aliphatic heterocycles. The predicted molar refractivity (Wildman–Crippen MR) is 106 cm³/mol. The van der Waals surface area contributed by atoms with Crippen LogP contribution in [0.2, 0.25) is 5.02 Å².